The number of nitrogens with one attached hydrogen (secondary N) is 2. The average Bonchev–Trinajstić information content (AvgIpc) is 3.23. The number of amides is 3. The van der Waals surface area contributed by atoms with Crippen molar-refractivity contribution < 1.29 is 14.4 Å². The molecule has 0 radical (unpaired) electrons. The molecule has 0 bridgehead atoms. The summed E-state index contributed by atoms with van der Waals surface area (Å²) in [4.78, 5) is 43.2. The number of benzene rings is 1. The van der Waals surface area contributed by atoms with Crippen LogP contribution in [0.15, 0.2) is 24.3 Å². The molecular formula is C27H39N5O3. The maximum absolute atomic E-state index is 13.6. The molecule has 1 aromatic heterocycles. The van der Waals surface area contributed by atoms with Crippen molar-refractivity contribution in [3.63, 3.8) is 0 Å². The largest absolute Gasteiger partial charge is 0.343 e. The third-order valence-corrected chi connectivity index (χ3v) is 7.87. The highest BCUT2D eigenvalue weighted by Crippen LogP contribution is 2.28. The van der Waals surface area contributed by atoms with E-state index in [1.807, 2.05) is 39.6 Å². The van der Waals surface area contributed by atoms with Crippen LogP contribution in [0.5, 0.6) is 0 Å². The minimum absolute atomic E-state index is 0.00447. The fourth-order valence-electron chi connectivity index (χ4n) is 5.57. The van der Waals surface area contributed by atoms with E-state index in [1.165, 1.54) is 6.42 Å². The number of piperazine rings is 1. The van der Waals surface area contributed by atoms with Crippen LogP contribution < -0.4 is 10.6 Å². The predicted octanol–water partition coefficient (Wildman–Crippen LogP) is 2.44. The molecular weight excluding hydrogens is 442 g/mol. The van der Waals surface area contributed by atoms with Gasteiger partial charge in [-0.15, -0.1) is 0 Å². The highest BCUT2D eigenvalue weighted by Gasteiger charge is 2.36. The Kier molecular flexibility index (Phi) is 7.79. The van der Waals surface area contributed by atoms with Gasteiger partial charge in [0.15, 0.2) is 0 Å². The Morgan fingerprint density at radius 3 is 2.29 bits per heavy atom. The lowest BCUT2D eigenvalue weighted by Gasteiger charge is -2.39. The van der Waals surface area contributed by atoms with Crippen LogP contribution in [0.2, 0.25) is 0 Å². The number of para-hydroxylation sites is 1. The molecule has 3 amide bonds. The number of rotatable bonds is 6. The standard InChI is InChI=1S/C27H39N5O3/c1-18-9-8-12-21-17-22(30(4)24(18)21)26(34)31-13-15-32(16-14-31)27(35)23(20-10-6-5-7-11-20)29-25(33)19(2)28-3/h8-9,12,17,19-20,23,28H,5-7,10-11,13-16H2,1-4H3,(H,29,33)/t19-,23?/m0/s1. The van der Waals surface area contributed by atoms with Crippen molar-refractivity contribution >= 4 is 28.6 Å². The van der Waals surface area contributed by atoms with Gasteiger partial charge >= 0.3 is 0 Å². The average molecular weight is 482 g/mol. The summed E-state index contributed by atoms with van der Waals surface area (Å²) in [5.41, 5.74) is 2.89. The van der Waals surface area contributed by atoms with E-state index in [-0.39, 0.29) is 29.7 Å². The highest BCUT2D eigenvalue weighted by atomic mass is 16.2. The van der Waals surface area contributed by atoms with E-state index in [2.05, 4.69) is 23.6 Å². The lowest BCUT2D eigenvalue weighted by atomic mass is 9.83. The van der Waals surface area contributed by atoms with Crippen LogP contribution in [-0.4, -0.2) is 77.4 Å². The molecule has 0 spiro atoms. The van der Waals surface area contributed by atoms with Crippen LogP contribution in [-0.2, 0) is 16.6 Å². The molecule has 2 heterocycles. The third-order valence-electron chi connectivity index (χ3n) is 7.87. The second kappa shape index (κ2) is 10.8. The Labute approximate surface area is 208 Å². The number of carbonyl (C=O) groups excluding carboxylic acids is 3. The lowest BCUT2D eigenvalue weighted by molar-refractivity contribution is -0.140. The van der Waals surface area contributed by atoms with Gasteiger partial charge in [0.2, 0.25) is 11.8 Å². The first-order valence-electron chi connectivity index (χ1n) is 12.9. The molecule has 190 valence electrons. The van der Waals surface area contributed by atoms with Crippen LogP contribution in [0.1, 0.15) is 55.1 Å². The van der Waals surface area contributed by atoms with Crippen LogP contribution >= 0.6 is 0 Å². The summed E-state index contributed by atoms with van der Waals surface area (Å²) >= 11 is 0. The number of hydrogen-bond donors (Lipinski definition) is 2. The zero-order chi connectivity index (χ0) is 25.1. The predicted molar refractivity (Wildman–Crippen MR) is 137 cm³/mol. The molecule has 2 aliphatic rings. The number of hydrogen-bond acceptors (Lipinski definition) is 4. The van der Waals surface area contributed by atoms with Crippen molar-refractivity contribution in [2.45, 2.75) is 58.0 Å². The molecule has 2 N–H and O–H groups in total. The van der Waals surface area contributed by atoms with E-state index in [9.17, 15) is 14.4 Å². The van der Waals surface area contributed by atoms with Crippen LogP contribution in [0, 0.1) is 12.8 Å². The maximum Gasteiger partial charge on any atom is 0.270 e. The topological polar surface area (TPSA) is 86.7 Å². The number of aryl methyl sites for hydroxylation is 2. The van der Waals surface area contributed by atoms with Gasteiger partial charge in [0, 0.05) is 38.6 Å². The van der Waals surface area contributed by atoms with Crippen molar-refractivity contribution in [2.75, 3.05) is 33.2 Å². The molecule has 8 heteroatoms. The molecule has 1 aliphatic carbocycles. The molecule has 2 aromatic rings. The van der Waals surface area contributed by atoms with Crippen molar-refractivity contribution in [1.29, 1.82) is 0 Å². The van der Waals surface area contributed by atoms with Crippen molar-refractivity contribution in [1.82, 2.24) is 25.0 Å². The Hall–Kier alpha value is -2.87. The molecule has 1 aliphatic heterocycles. The molecule has 2 fully saturated rings. The number of fused-ring (bicyclic) bond motifs is 1. The van der Waals surface area contributed by atoms with E-state index in [0.29, 0.717) is 31.9 Å². The summed E-state index contributed by atoms with van der Waals surface area (Å²) in [6, 6.07) is 7.20. The van der Waals surface area contributed by atoms with Gasteiger partial charge in [-0.2, -0.15) is 0 Å². The Morgan fingerprint density at radius 2 is 1.66 bits per heavy atom. The van der Waals surface area contributed by atoms with Crippen molar-refractivity contribution in [2.24, 2.45) is 13.0 Å². The molecule has 1 aromatic carbocycles. The van der Waals surface area contributed by atoms with Gasteiger partial charge in [-0.25, -0.2) is 0 Å². The highest BCUT2D eigenvalue weighted by molar-refractivity contribution is 5.99. The molecule has 1 saturated heterocycles. The smallest absolute Gasteiger partial charge is 0.270 e. The molecule has 35 heavy (non-hydrogen) atoms. The zero-order valence-corrected chi connectivity index (χ0v) is 21.5. The number of aromatic nitrogens is 1. The van der Waals surface area contributed by atoms with Crippen LogP contribution in [0.25, 0.3) is 10.9 Å². The first kappa shape index (κ1) is 25.2. The van der Waals surface area contributed by atoms with Crippen LogP contribution in [0.4, 0.5) is 0 Å². The molecule has 2 atom stereocenters. The van der Waals surface area contributed by atoms with Gasteiger partial charge < -0.3 is 25.0 Å². The van der Waals surface area contributed by atoms with E-state index in [0.717, 1.165) is 42.1 Å². The first-order chi connectivity index (χ1) is 16.8. The summed E-state index contributed by atoms with van der Waals surface area (Å²) in [6.07, 6.45) is 5.30. The Bertz CT molecular complexity index is 1080. The van der Waals surface area contributed by atoms with Gasteiger partial charge in [-0.1, -0.05) is 37.5 Å². The summed E-state index contributed by atoms with van der Waals surface area (Å²) < 4.78 is 1.97. The van der Waals surface area contributed by atoms with Gasteiger partial charge in [0.1, 0.15) is 11.7 Å². The second-order valence-corrected chi connectivity index (χ2v) is 10.1. The van der Waals surface area contributed by atoms with Gasteiger partial charge in [0.25, 0.3) is 5.91 Å². The fraction of sp³-hybridized carbons (Fsp3) is 0.593. The fourth-order valence-corrected chi connectivity index (χ4v) is 5.57. The summed E-state index contributed by atoms with van der Waals surface area (Å²) in [5, 5.41) is 7.07. The zero-order valence-electron chi connectivity index (χ0n) is 21.5. The normalized spacial score (nSPS) is 19.0. The SMILES string of the molecule is CN[C@@H](C)C(=O)NC(C(=O)N1CCN(C(=O)c2cc3cccc(C)c3n2C)CC1)C1CCCCC1. The van der Waals surface area contributed by atoms with E-state index in [4.69, 9.17) is 0 Å². The summed E-state index contributed by atoms with van der Waals surface area (Å²) in [6.45, 7) is 5.80. The van der Waals surface area contributed by atoms with E-state index >= 15 is 0 Å². The molecule has 1 saturated carbocycles. The summed E-state index contributed by atoms with van der Waals surface area (Å²) in [7, 11) is 3.68. The van der Waals surface area contributed by atoms with Gasteiger partial charge in [-0.05, 0) is 51.3 Å². The van der Waals surface area contributed by atoms with Gasteiger partial charge in [0.05, 0.1) is 11.6 Å². The Balaban J connectivity index is 1.44. The monoisotopic (exact) mass is 481 g/mol. The van der Waals surface area contributed by atoms with E-state index < -0.39 is 6.04 Å². The third kappa shape index (κ3) is 5.22. The molecule has 8 nitrogen and oxygen atoms in total. The minimum Gasteiger partial charge on any atom is -0.343 e. The van der Waals surface area contributed by atoms with Crippen LogP contribution in [0.3, 0.4) is 0 Å². The van der Waals surface area contributed by atoms with Gasteiger partial charge in [-0.3, -0.25) is 14.4 Å². The second-order valence-electron chi connectivity index (χ2n) is 10.1. The molecule has 1 unspecified atom stereocenters. The number of nitrogens with zero attached hydrogens (tertiary/aromatic N) is 3. The van der Waals surface area contributed by atoms with Crippen molar-refractivity contribution in [3.05, 3.63) is 35.5 Å². The minimum atomic E-state index is -0.498. The summed E-state index contributed by atoms with van der Waals surface area (Å²) in [5.74, 6) is 0.00955. The lowest BCUT2D eigenvalue weighted by Crippen LogP contribution is -2.59. The first-order valence-corrected chi connectivity index (χ1v) is 12.9. The number of carbonyl (C=O) groups is 3. The molecule has 4 rings (SSSR count). The van der Waals surface area contributed by atoms with E-state index in [1.54, 1.807) is 14.0 Å². The number of likely N-dealkylation sites (N-methyl/N-ethyl adjacent to an activating group) is 1. The van der Waals surface area contributed by atoms with Crippen molar-refractivity contribution in [3.8, 4) is 0 Å². The Morgan fingerprint density at radius 1 is 1.00 bits per heavy atom. The quantitative estimate of drug-likeness (QED) is 0.664. The maximum atomic E-state index is 13.6.